The van der Waals surface area contributed by atoms with E-state index in [0.29, 0.717) is 19.0 Å². The molecule has 1 saturated heterocycles. The van der Waals surface area contributed by atoms with Crippen molar-refractivity contribution in [1.82, 2.24) is 9.55 Å². The number of rotatable bonds is 10. The number of aromatic nitrogens is 2. The van der Waals surface area contributed by atoms with Crippen LogP contribution in [0, 0.1) is 0 Å². The molecule has 1 aromatic heterocycles. The number of imidazole rings is 1. The topological polar surface area (TPSA) is 65.7 Å². The second-order valence-corrected chi connectivity index (χ2v) is 11.0. The fourth-order valence-corrected chi connectivity index (χ4v) is 5.97. The molecule has 1 aliphatic rings. The molecule has 1 N–H and O–H groups in total. The predicted octanol–water partition coefficient (Wildman–Crippen LogP) is 6.49. The molecule has 0 spiro atoms. The third-order valence-electron chi connectivity index (χ3n) is 7.86. The Balaban J connectivity index is 1.50. The van der Waals surface area contributed by atoms with Crippen molar-refractivity contribution < 1.29 is 19.3 Å². The molecule has 0 radical (unpaired) electrons. The van der Waals surface area contributed by atoms with Crippen molar-refractivity contribution in [2.45, 2.75) is 50.1 Å². The summed E-state index contributed by atoms with van der Waals surface area (Å²) in [5.41, 5.74) is 3.29. The first-order valence-electron chi connectivity index (χ1n) is 14.3. The molecule has 6 rings (SSSR count). The molecular formula is C36H36N2O4. The zero-order chi connectivity index (χ0) is 29.0. The maximum absolute atomic E-state index is 12.2. The lowest BCUT2D eigenvalue weighted by Gasteiger charge is -2.40. The molecule has 0 saturated carbocycles. The van der Waals surface area contributed by atoms with E-state index >= 15 is 0 Å². The highest BCUT2D eigenvalue weighted by Gasteiger charge is 2.45. The van der Waals surface area contributed by atoms with Crippen LogP contribution in [0.4, 0.5) is 0 Å². The molecule has 42 heavy (non-hydrogen) atoms. The SMILES string of the molecule is CC1(C)OC[C@H]([C@@H](OCc2ccccc2)[C@H](O)c2nccn2C(c2ccccc2)(c2ccccc2)c2ccccc2)O1. The van der Waals surface area contributed by atoms with Gasteiger partial charge in [0.25, 0.3) is 0 Å². The summed E-state index contributed by atoms with van der Waals surface area (Å²) >= 11 is 0. The van der Waals surface area contributed by atoms with E-state index in [-0.39, 0.29) is 0 Å². The number of nitrogens with zero attached hydrogens (tertiary/aromatic N) is 2. The normalized spacial score (nSPS) is 18.0. The second kappa shape index (κ2) is 12.0. The molecule has 214 valence electrons. The fourth-order valence-electron chi connectivity index (χ4n) is 5.97. The third-order valence-corrected chi connectivity index (χ3v) is 7.86. The third kappa shape index (κ3) is 5.42. The number of hydrogen-bond acceptors (Lipinski definition) is 5. The highest BCUT2D eigenvalue weighted by molar-refractivity contribution is 5.51. The highest BCUT2D eigenvalue weighted by atomic mass is 16.7. The summed E-state index contributed by atoms with van der Waals surface area (Å²) in [6, 6.07) is 41.0. The van der Waals surface area contributed by atoms with E-state index < -0.39 is 29.6 Å². The molecular weight excluding hydrogens is 524 g/mol. The average Bonchev–Trinajstić information content (AvgIpc) is 3.66. The molecule has 0 aliphatic carbocycles. The van der Waals surface area contributed by atoms with E-state index in [4.69, 9.17) is 19.2 Å². The minimum Gasteiger partial charge on any atom is -0.382 e. The fraction of sp³-hybridized carbons (Fsp3) is 0.250. The van der Waals surface area contributed by atoms with Gasteiger partial charge in [-0.3, -0.25) is 0 Å². The van der Waals surface area contributed by atoms with Crippen molar-refractivity contribution in [2.24, 2.45) is 0 Å². The van der Waals surface area contributed by atoms with Crippen LogP contribution in [-0.2, 0) is 26.4 Å². The van der Waals surface area contributed by atoms with Crippen LogP contribution in [0.25, 0.3) is 0 Å². The Hall–Kier alpha value is -4.07. The van der Waals surface area contributed by atoms with Gasteiger partial charge in [-0.2, -0.15) is 0 Å². The Morgan fingerprint density at radius 3 is 1.81 bits per heavy atom. The molecule has 3 atom stereocenters. The monoisotopic (exact) mass is 560 g/mol. The predicted molar refractivity (Wildman–Crippen MR) is 162 cm³/mol. The molecule has 4 aromatic carbocycles. The number of hydrogen-bond donors (Lipinski definition) is 1. The summed E-state index contributed by atoms with van der Waals surface area (Å²) in [5.74, 6) is -0.311. The van der Waals surface area contributed by atoms with Gasteiger partial charge in [-0.05, 0) is 36.1 Å². The van der Waals surface area contributed by atoms with Crippen molar-refractivity contribution >= 4 is 0 Å². The van der Waals surface area contributed by atoms with Crippen LogP contribution in [0.5, 0.6) is 0 Å². The van der Waals surface area contributed by atoms with Crippen LogP contribution < -0.4 is 0 Å². The molecule has 0 amide bonds. The minimum atomic E-state index is -1.12. The Labute approximate surface area is 247 Å². The zero-order valence-corrected chi connectivity index (χ0v) is 23.9. The Bertz CT molecular complexity index is 1460. The minimum absolute atomic E-state index is 0.297. The standard InChI is InChI=1S/C36H36N2O4/c1-35(2)41-26-31(42-35)33(40-25-27-15-7-3-8-16-27)32(39)34-37-23-24-38(34)36(28-17-9-4-10-18-28,29-19-11-5-12-20-29)30-21-13-6-14-22-30/h3-24,31-33,39H,25-26H2,1-2H3/t31-,32+,33-/m1/s1. The molecule has 6 nitrogen and oxygen atoms in total. The largest absolute Gasteiger partial charge is 0.382 e. The highest BCUT2D eigenvalue weighted by Crippen LogP contribution is 2.43. The van der Waals surface area contributed by atoms with Crippen LogP contribution in [0.1, 0.15) is 48.0 Å². The van der Waals surface area contributed by atoms with E-state index in [0.717, 1.165) is 22.3 Å². The second-order valence-electron chi connectivity index (χ2n) is 11.0. The maximum atomic E-state index is 12.2. The lowest BCUT2D eigenvalue weighted by molar-refractivity contribution is -0.173. The molecule has 5 aromatic rings. The van der Waals surface area contributed by atoms with Crippen LogP contribution in [0.15, 0.2) is 134 Å². The average molecular weight is 561 g/mol. The first-order chi connectivity index (χ1) is 20.5. The Kier molecular flexibility index (Phi) is 8.05. The van der Waals surface area contributed by atoms with Gasteiger partial charge in [0.1, 0.15) is 29.7 Å². The molecule has 0 unspecified atom stereocenters. The van der Waals surface area contributed by atoms with Crippen LogP contribution >= 0.6 is 0 Å². The van der Waals surface area contributed by atoms with Crippen LogP contribution in [0.3, 0.4) is 0 Å². The molecule has 2 heterocycles. The van der Waals surface area contributed by atoms with Gasteiger partial charge in [0.2, 0.25) is 0 Å². The summed E-state index contributed by atoms with van der Waals surface area (Å²) in [6.45, 7) is 4.36. The molecule has 0 bridgehead atoms. The number of benzene rings is 4. The lowest BCUT2D eigenvalue weighted by atomic mass is 9.76. The summed E-state index contributed by atoms with van der Waals surface area (Å²) in [4.78, 5) is 4.78. The van der Waals surface area contributed by atoms with Gasteiger partial charge in [-0.15, -0.1) is 0 Å². The Morgan fingerprint density at radius 1 is 0.833 bits per heavy atom. The number of ether oxygens (including phenoxy) is 3. The van der Waals surface area contributed by atoms with E-state index in [1.54, 1.807) is 6.20 Å². The van der Waals surface area contributed by atoms with Crippen LogP contribution in [0.2, 0.25) is 0 Å². The van der Waals surface area contributed by atoms with Gasteiger partial charge in [0, 0.05) is 12.4 Å². The Morgan fingerprint density at radius 2 is 1.33 bits per heavy atom. The molecule has 6 heteroatoms. The summed E-state index contributed by atoms with van der Waals surface area (Å²) in [5, 5.41) is 12.2. The first kappa shape index (κ1) is 28.1. The van der Waals surface area contributed by atoms with E-state index in [1.165, 1.54) is 0 Å². The van der Waals surface area contributed by atoms with Crippen molar-refractivity contribution in [3.8, 4) is 0 Å². The van der Waals surface area contributed by atoms with Crippen molar-refractivity contribution in [1.29, 1.82) is 0 Å². The lowest BCUT2D eigenvalue weighted by Crippen LogP contribution is -2.43. The smallest absolute Gasteiger partial charge is 0.163 e. The number of aliphatic hydroxyl groups is 1. The summed E-state index contributed by atoms with van der Waals surface area (Å²) in [6.07, 6.45) is 1.32. The zero-order valence-electron chi connectivity index (χ0n) is 23.9. The summed E-state index contributed by atoms with van der Waals surface area (Å²) < 4.78 is 20.7. The molecule has 1 fully saturated rings. The maximum Gasteiger partial charge on any atom is 0.163 e. The van der Waals surface area contributed by atoms with Gasteiger partial charge >= 0.3 is 0 Å². The van der Waals surface area contributed by atoms with Gasteiger partial charge in [0.05, 0.1) is 13.2 Å². The summed E-state index contributed by atoms with van der Waals surface area (Å²) in [7, 11) is 0. The number of aliphatic hydroxyl groups excluding tert-OH is 1. The first-order valence-corrected chi connectivity index (χ1v) is 14.3. The van der Waals surface area contributed by atoms with Gasteiger partial charge in [-0.25, -0.2) is 4.98 Å². The van der Waals surface area contributed by atoms with Crippen molar-refractivity contribution in [3.63, 3.8) is 0 Å². The van der Waals surface area contributed by atoms with Crippen molar-refractivity contribution in [2.75, 3.05) is 6.61 Å². The molecule has 1 aliphatic heterocycles. The quantitative estimate of drug-likeness (QED) is 0.198. The van der Waals surface area contributed by atoms with Gasteiger partial charge in [-0.1, -0.05) is 121 Å². The van der Waals surface area contributed by atoms with Gasteiger partial charge < -0.3 is 23.9 Å². The van der Waals surface area contributed by atoms with Crippen molar-refractivity contribution in [3.05, 3.63) is 162 Å². The van der Waals surface area contributed by atoms with E-state index in [9.17, 15) is 5.11 Å². The van der Waals surface area contributed by atoms with E-state index in [2.05, 4.69) is 41.0 Å². The van der Waals surface area contributed by atoms with Gasteiger partial charge in [0.15, 0.2) is 5.79 Å². The van der Waals surface area contributed by atoms with Crippen LogP contribution in [-0.4, -0.2) is 39.3 Å². The van der Waals surface area contributed by atoms with E-state index in [1.807, 2.05) is 105 Å².